The molecule has 0 spiro atoms. The van der Waals surface area contributed by atoms with Crippen LogP contribution in [0.5, 0.6) is 0 Å². The minimum absolute atomic E-state index is 0.130. The highest BCUT2D eigenvalue weighted by Crippen LogP contribution is 2.22. The lowest BCUT2D eigenvalue weighted by Gasteiger charge is -2.35. The zero-order chi connectivity index (χ0) is 16.9. The summed E-state index contributed by atoms with van der Waals surface area (Å²) >= 11 is 0. The van der Waals surface area contributed by atoms with Gasteiger partial charge in [-0.15, -0.1) is 0 Å². The van der Waals surface area contributed by atoms with Crippen LogP contribution >= 0.6 is 0 Å². The highest BCUT2D eigenvalue weighted by Gasteiger charge is 2.32. The number of rotatable bonds is 6. The summed E-state index contributed by atoms with van der Waals surface area (Å²) in [5, 5.41) is 3.47. The van der Waals surface area contributed by atoms with Gasteiger partial charge < -0.3 is 15.0 Å². The summed E-state index contributed by atoms with van der Waals surface area (Å²) in [5.41, 5.74) is 0.936. The van der Waals surface area contributed by atoms with Crippen LogP contribution < -0.4 is 10.2 Å². The van der Waals surface area contributed by atoms with E-state index >= 15 is 0 Å². The molecule has 1 N–H and O–H groups in total. The van der Waals surface area contributed by atoms with Crippen molar-refractivity contribution in [1.82, 2.24) is 10.2 Å². The SMILES string of the molecule is C[C@H](CC(=O)N(C)c1ccccc1)NC[C@@H]1CN2CCC[C@H]2CO1. The van der Waals surface area contributed by atoms with Crippen LogP contribution in [0.2, 0.25) is 0 Å². The van der Waals surface area contributed by atoms with Crippen molar-refractivity contribution in [3.05, 3.63) is 30.3 Å². The predicted octanol–water partition coefficient (Wildman–Crippen LogP) is 1.88. The number of amides is 1. The van der Waals surface area contributed by atoms with Crippen LogP contribution in [-0.4, -0.2) is 62.3 Å². The molecule has 2 saturated heterocycles. The van der Waals surface area contributed by atoms with Gasteiger partial charge >= 0.3 is 0 Å². The number of nitrogens with zero attached hydrogens (tertiary/aromatic N) is 2. The van der Waals surface area contributed by atoms with Crippen LogP contribution in [0.15, 0.2) is 30.3 Å². The average Bonchev–Trinajstić information content (AvgIpc) is 3.07. The second-order valence-corrected chi connectivity index (χ2v) is 7.05. The van der Waals surface area contributed by atoms with E-state index in [4.69, 9.17) is 4.74 Å². The fraction of sp³-hybridized carbons (Fsp3) is 0.632. The molecule has 0 aromatic heterocycles. The summed E-state index contributed by atoms with van der Waals surface area (Å²) < 4.78 is 5.96. The van der Waals surface area contributed by atoms with Crippen molar-refractivity contribution in [3.8, 4) is 0 Å². The van der Waals surface area contributed by atoms with E-state index in [9.17, 15) is 4.79 Å². The Kier molecular flexibility index (Phi) is 5.87. The molecule has 0 aliphatic carbocycles. The number of hydrogen-bond acceptors (Lipinski definition) is 4. The number of hydrogen-bond donors (Lipinski definition) is 1. The molecule has 1 amide bonds. The third-order valence-corrected chi connectivity index (χ3v) is 5.15. The fourth-order valence-corrected chi connectivity index (χ4v) is 3.61. The molecular formula is C19H29N3O2. The number of carbonyl (C=O) groups excluding carboxylic acids is 1. The maximum absolute atomic E-state index is 12.4. The highest BCUT2D eigenvalue weighted by atomic mass is 16.5. The van der Waals surface area contributed by atoms with Gasteiger partial charge in [-0.3, -0.25) is 9.69 Å². The van der Waals surface area contributed by atoms with Crippen molar-refractivity contribution < 1.29 is 9.53 Å². The first-order chi connectivity index (χ1) is 11.6. The van der Waals surface area contributed by atoms with E-state index in [0.29, 0.717) is 12.5 Å². The van der Waals surface area contributed by atoms with Gasteiger partial charge in [0, 0.05) is 44.3 Å². The lowest BCUT2D eigenvalue weighted by Crippen LogP contribution is -2.50. The molecule has 0 saturated carbocycles. The predicted molar refractivity (Wildman–Crippen MR) is 96.3 cm³/mol. The first-order valence-corrected chi connectivity index (χ1v) is 9.04. The Morgan fingerprint density at radius 3 is 3.00 bits per heavy atom. The zero-order valence-electron chi connectivity index (χ0n) is 14.8. The fourth-order valence-electron chi connectivity index (χ4n) is 3.61. The minimum atomic E-state index is 0.130. The lowest BCUT2D eigenvalue weighted by molar-refractivity contribution is -0.118. The van der Waals surface area contributed by atoms with E-state index in [-0.39, 0.29) is 18.1 Å². The minimum Gasteiger partial charge on any atom is -0.374 e. The molecule has 3 rings (SSSR count). The third-order valence-electron chi connectivity index (χ3n) is 5.15. The van der Waals surface area contributed by atoms with Crippen LogP contribution in [-0.2, 0) is 9.53 Å². The molecule has 132 valence electrons. The van der Waals surface area contributed by atoms with Gasteiger partial charge in [0.05, 0.1) is 12.7 Å². The van der Waals surface area contributed by atoms with Crippen molar-refractivity contribution in [2.75, 3.05) is 38.2 Å². The second-order valence-electron chi connectivity index (χ2n) is 7.05. The maximum Gasteiger partial charge on any atom is 0.228 e. The number of benzene rings is 1. The Bertz CT molecular complexity index is 537. The standard InChI is InChI=1S/C19H29N3O2/c1-15(11-19(23)21(2)16-7-4-3-5-8-16)20-12-18-13-22-10-6-9-17(22)14-24-18/h3-5,7-8,15,17-18,20H,6,9-14H2,1-2H3/t15-,17+,18-/m1/s1. The second kappa shape index (κ2) is 8.10. The van der Waals surface area contributed by atoms with Crippen LogP contribution in [0.1, 0.15) is 26.2 Å². The highest BCUT2D eigenvalue weighted by molar-refractivity contribution is 5.93. The van der Waals surface area contributed by atoms with Gasteiger partial charge in [0.15, 0.2) is 0 Å². The number of ether oxygens (including phenoxy) is 1. The summed E-state index contributed by atoms with van der Waals surface area (Å²) in [6, 6.07) is 10.6. The van der Waals surface area contributed by atoms with Crippen LogP contribution in [0.4, 0.5) is 5.69 Å². The van der Waals surface area contributed by atoms with E-state index in [1.54, 1.807) is 4.90 Å². The van der Waals surface area contributed by atoms with E-state index < -0.39 is 0 Å². The Labute approximate surface area is 145 Å². The van der Waals surface area contributed by atoms with Gasteiger partial charge in [0.1, 0.15) is 0 Å². The number of nitrogens with one attached hydrogen (secondary N) is 1. The first-order valence-electron chi connectivity index (χ1n) is 9.04. The van der Waals surface area contributed by atoms with Gasteiger partial charge in [0.2, 0.25) is 5.91 Å². The average molecular weight is 331 g/mol. The molecule has 1 aromatic carbocycles. The Morgan fingerprint density at radius 1 is 1.42 bits per heavy atom. The molecule has 2 heterocycles. The number of para-hydroxylation sites is 1. The Hall–Kier alpha value is -1.43. The van der Waals surface area contributed by atoms with Gasteiger partial charge in [-0.05, 0) is 38.4 Å². The summed E-state index contributed by atoms with van der Waals surface area (Å²) in [6.45, 7) is 5.96. The summed E-state index contributed by atoms with van der Waals surface area (Å²) in [7, 11) is 1.84. The van der Waals surface area contributed by atoms with Gasteiger partial charge in [-0.1, -0.05) is 18.2 Å². The molecule has 1 aromatic rings. The van der Waals surface area contributed by atoms with E-state index in [0.717, 1.165) is 25.4 Å². The monoisotopic (exact) mass is 331 g/mol. The van der Waals surface area contributed by atoms with Crippen molar-refractivity contribution in [2.45, 2.75) is 44.4 Å². The molecule has 2 aliphatic rings. The van der Waals surface area contributed by atoms with Crippen LogP contribution in [0.3, 0.4) is 0 Å². The van der Waals surface area contributed by atoms with E-state index in [1.165, 1.54) is 19.4 Å². The largest absolute Gasteiger partial charge is 0.374 e. The van der Waals surface area contributed by atoms with E-state index in [2.05, 4.69) is 17.1 Å². The number of carbonyl (C=O) groups is 1. The van der Waals surface area contributed by atoms with Gasteiger partial charge in [-0.25, -0.2) is 0 Å². The molecule has 0 radical (unpaired) electrons. The van der Waals surface area contributed by atoms with Gasteiger partial charge in [0.25, 0.3) is 0 Å². The molecule has 2 fully saturated rings. The van der Waals surface area contributed by atoms with Crippen molar-refractivity contribution in [3.63, 3.8) is 0 Å². The van der Waals surface area contributed by atoms with Crippen molar-refractivity contribution in [2.24, 2.45) is 0 Å². The smallest absolute Gasteiger partial charge is 0.228 e. The number of morpholine rings is 1. The summed E-state index contributed by atoms with van der Waals surface area (Å²) in [4.78, 5) is 16.7. The molecule has 0 unspecified atom stereocenters. The lowest BCUT2D eigenvalue weighted by atomic mass is 10.1. The maximum atomic E-state index is 12.4. The normalized spacial score (nSPS) is 25.2. The molecular weight excluding hydrogens is 302 g/mol. The topological polar surface area (TPSA) is 44.8 Å². The first kappa shape index (κ1) is 17.4. The summed E-state index contributed by atoms with van der Waals surface area (Å²) in [5.74, 6) is 0.130. The number of anilines is 1. The van der Waals surface area contributed by atoms with Crippen LogP contribution in [0.25, 0.3) is 0 Å². The molecule has 5 heteroatoms. The van der Waals surface area contributed by atoms with Crippen molar-refractivity contribution in [1.29, 1.82) is 0 Å². The Balaban J connectivity index is 1.40. The van der Waals surface area contributed by atoms with E-state index in [1.807, 2.05) is 37.4 Å². The molecule has 24 heavy (non-hydrogen) atoms. The molecule has 3 atom stereocenters. The van der Waals surface area contributed by atoms with Crippen LogP contribution in [0, 0.1) is 0 Å². The van der Waals surface area contributed by atoms with Crippen molar-refractivity contribution >= 4 is 11.6 Å². The summed E-state index contributed by atoms with van der Waals surface area (Å²) in [6.07, 6.45) is 3.30. The zero-order valence-corrected chi connectivity index (χ0v) is 14.8. The Morgan fingerprint density at radius 2 is 2.21 bits per heavy atom. The third kappa shape index (κ3) is 4.35. The molecule has 2 aliphatic heterocycles. The molecule has 5 nitrogen and oxygen atoms in total. The quantitative estimate of drug-likeness (QED) is 0.864. The molecule has 0 bridgehead atoms. The number of fused-ring (bicyclic) bond motifs is 1. The van der Waals surface area contributed by atoms with Gasteiger partial charge in [-0.2, -0.15) is 0 Å².